The molecule has 0 radical (unpaired) electrons. The van der Waals surface area contributed by atoms with Crippen LogP contribution in [0.1, 0.15) is 5.56 Å². The summed E-state index contributed by atoms with van der Waals surface area (Å²) in [6.45, 7) is 7.00. The predicted molar refractivity (Wildman–Crippen MR) is 69.7 cm³/mol. The first-order valence-corrected chi connectivity index (χ1v) is 4.67. The molecule has 0 aliphatic heterocycles. The molecule has 2 rings (SSSR count). The lowest BCUT2D eigenvalue weighted by molar-refractivity contribution is 1.26. The first kappa shape index (κ1) is 14.9. The van der Waals surface area contributed by atoms with Gasteiger partial charge in [-0.3, -0.25) is 4.79 Å². The number of nitrogens with two attached hydrogens (primary N) is 1. The summed E-state index contributed by atoms with van der Waals surface area (Å²) in [6.07, 6.45) is 3.13. The number of nitriles is 2. The third kappa shape index (κ3) is 3.47. The van der Waals surface area contributed by atoms with E-state index < -0.39 is 0 Å². The Balaban J connectivity index is 0.000000659. The first-order valence-electron chi connectivity index (χ1n) is 4.67. The second-order valence-corrected chi connectivity index (χ2v) is 2.93. The molecule has 1 heterocycles. The fraction of sp³-hybridized carbons (Fsp3) is 0. The van der Waals surface area contributed by atoms with Crippen LogP contribution in [0.3, 0.4) is 0 Å². The van der Waals surface area contributed by atoms with Crippen LogP contribution in [0, 0.1) is 23.7 Å². The Morgan fingerprint density at radius 2 is 1.89 bits per heavy atom. The van der Waals surface area contributed by atoms with Gasteiger partial charge in [-0.05, 0) is 23.1 Å². The Morgan fingerprint density at radius 3 is 2.50 bits per heavy atom. The normalized spacial score (nSPS) is 8.89. The third-order valence-corrected chi connectivity index (χ3v) is 2.02. The zero-order valence-electron chi connectivity index (χ0n) is 9.45. The Labute approximate surface area is 104 Å². The van der Waals surface area contributed by atoms with Gasteiger partial charge in [0.1, 0.15) is 0 Å². The van der Waals surface area contributed by atoms with E-state index in [1.165, 1.54) is 6.21 Å². The minimum absolute atomic E-state index is 0.102. The number of nitrogens with zero attached hydrogens (tertiary/aromatic N) is 3. The van der Waals surface area contributed by atoms with Gasteiger partial charge in [-0.15, -0.1) is 0 Å². The molecular weight excluding hydrogens is 230 g/mol. The molecule has 0 saturated heterocycles. The molecule has 6 nitrogen and oxygen atoms in total. The standard InChI is InChI=1S/C10H9N3O.2CHN/c11-13-6-7-1-2-8-3-4-12-10(14)9(8)5-7;2*1-2/h1-6H,11H2,(H,12,14);2*1H. The molecular formula is C12H11N5O. The van der Waals surface area contributed by atoms with Gasteiger partial charge in [0.25, 0.3) is 5.56 Å². The number of fused-ring (bicyclic) bond motifs is 1. The van der Waals surface area contributed by atoms with E-state index in [9.17, 15) is 4.79 Å². The van der Waals surface area contributed by atoms with E-state index in [0.717, 1.165) is 10.9 Å². The van der Waals surface area contributed by atoms with Crippen LogP contribution in [0.4, 0.5) is 0 Å². The summed E-state index contributed by atoms with van der Waals surface area (Å²) in [7, 11) is 0. The molecule has 6 heteroatoms. The van der Waals surface area contributed by atoms with Crippen LogP contribution in [0.2, 0.25) is 0 Å². The van der Waals surface area contributed by atoms with E-state index in [0.29, 0.717) is 5.39 Å². The van der Waals surface area contributed by atoms with Crippen molar-refractivity contribution in [1.29, 1.82) is 10.5 Å². The topological polar surface area (TPSA) is 119 Å². The summed E-state index contributed by atoms with van der Waals surface area (Å²) >= 11 is 0. The molecule has 0 unspecified atom stereocenters. The Hall–Kier alpha value is -3.12. The monoisotopic (exact) mass is 241 g/mol. The lowest BCUT2D eigenvalue weighted by Gasteiger charge is -1.97. The van der Waals surface area contributed by atoms with E-state index in [-0.39, 0.29) is 5.56 Å². The number of nitrogens with one attached hydrogen (secondary N) is 1. The molecule has 0 spiro atoms. The van der Waals surface area contributed by atoms with Gasteiger partial charge in [0, 0.05) is 24.7 Å². The molecule has 90 valence electrons. The summed E-state index contributed by atoms with van der Waals surface area (Å²) in [6, 6.07) is 7.32. The highest BCUT2D eigenvalue weighted by Crippen LogP contribution is 2.09. The second kappa shape index (κ2) is 8.08. The minimum Gasteiger partial charge on any atom is -0.329 e. The summed E-state index contributed by atoms with van der Waals surface area (Å²) < 4.78 is 0. The van der Waals surface area contributed by atoms with Crippen molar-refractivity contribution in [1.82, 2.24) is 4.98 Å². The number of H-pyrrole nitrogens is 1. The van der Waals surface area contributed by atoms with Crippen LogP contribution in [-0.2, 0) is 0 Å². The summed E-state index contributed by atoms with van der Waals surface area (Å²) in [5, 5.41) is 18.0. The quantitative estimate of drug-likeness (QED) is 0.441. The van der Waals surface area contributed by atoms with Crippen molar-refractivity contribution in [3.8, 4) is 13.1 Å². The smallest absolute Gasteiger partial charge is 0.255 e. The van der Waals surface area contributed by atoms with Crippen LogP contribution in [0.25, 0.3) is 10.8 Å². The van der Waals surface area contributed by atoms with Gasteiger partial charge in [0.05, 0.1) is 6.21 Å². The molecule has 0 saturated carbocycles. The molecule has 0 bridgehead atoms. The highest BCUT2D eigenvalue weighted by atomic mass is 16.1. The van der Waals surface area contributed by atoms with Gasteiger partial charge in [-0.2, -0.15) is 5.10 Å². The van der Waals surface area contributed by atoms with Crippen molar-refractivity contribution in [3.05, 3.63) is 46.4 Å². The Bertz CT molecular complexity index is 618. The van der Waals surface area contributed by atoms with Gasteiger partial charge in [0.15, 0.2) is 0 Å². The Kier molecular flexibility index (Phi) is 6.68. The molecule has 0 amide bonds. The zero-order valence-corrected chi connectivity index (χ0v) is 9.45. The number of pyridine rings is 1. The molecule has 18 heavy (non-hydrogen) atoms. The van der Waals surface area contributed by atoms with Crippen molar-refractivity contribution < 1.29 is 0 Å². The summed E-state index contributed by atoms with van der Waals surface area (Å²) in [4.78, 5) is 14.0. The fourth-order valence-corrected chi connectivity index (χ4v) is 1.37. The van der Waals surface area contributed by atoms with Crippen molar-refractivity contribution in [2.75, 3.05) is 0 Å². The largest absolute Gasteiger partial charge is 0.329 e. The maximum Gasteiger partial charge on any atom is 0.255 e. The average molecular weight is 241 g/mol. The van der Waals surface area contributed by atoms with E-state index >= 15 is 0 Å². The molecule has 1 aromatic carbocycles. The van der Waals surface area contributed by atoms with Gasteiger partial charge in [-0.1, -0.05) is 12.1 Å². The minimum atomic E-state index is -0.102. The third-order valence-electron chi connectivity index (χ3n) is 2.02. The molecule has 0 aliphatic carbocycles. The van der Waals surface area contributed by atoms with Gasteiger partial charge >= 0.3 is 0 Å². The van der Waals surface area contributed by atoms with E-state index in [1.807, 2.05) is 18.2 Å². The maximum atomic E-state index is 11.4. The average Bonchev–Trinajstić information content (AvgIpc) is 2.45. The molecule has 1 aromatic heterocycles. The number of benzene rings is 1. The van der Waals surface area contributed by atoms with Crippen molar-refractivity contribution in [2.45, 2.75) is 0 Å². The number of rotatable bonds is 1. The number of aromatic amines is 1. The van der Waals surface area contributed by atoms with Crippen LogP contribution < -0.4 is 11.4 Å². The van der Waals surface area contributed by atoms with E-state index in [2.05, 4.69) is 23.2 Å². The predicted octanol–water partition coefficient (Wildman–Crippen LogP) is 1.10. The first-order chi connectivity index (χ1) is 8.81. The zero-order chi connectivity index (χ0) is 14.0. The van der Waals surface area contributed by atoms with E-state index in [1.54, 1.807) is 12.3 Å². The molecule has 3 N–H and O–H groups in total. The van der Waals surface area contributed by atoms with Crippen LogP contribution >= 0.6 is 0 Å². The lowest BCUT2D eigenvalue weighted by atomic mass is 10.1. The number of hydrogen-bond donors (Lipinski definition) is 2. The SMILES string of the molecule is C#N.C#N.NN=Cc1ccc2cc[nH]c(=O)c2c1. The van der Waals surface area contributed by atoms with Gasteiger partial charge < -0.3 is 10.8 Å². The second-order valence-electron chi connectivity index (χ2n) is 2.93. The van der Waals surface area contributed by atoms with Crippen molar-refractivity contribution in [2.24, 2.45) is 10.9 Å². The highest BCUT2D eigenvalue weighted by molar-refractivity contribution is 5.89. The van der Waals surface area contributed by atoms with E-state index in [4.69, 9.17) is 16.4 Å². The summed E-state index contributed by atoms with van der Waals surface area (Å²) in [5.41, 5.74) is 0.714. The maximum absolute atomic E-state index is 11.4. The highest BCUT2D eigenvalue weighted by Gasteiger charge is 1.97. The number of aromatic nitrogens is 1. The number of hydrazone groups is 1. The molecule has 0 aliphatic rings. The molecule has 0 fully saturated rings. The fourth-order valence-electron chi connectivity index (χ4n) is 1.37. The van der Waals surface area contributed by atoms with Gasteiger partial charge in [-0.25, -0.2) is 10.5 Å². The van der Waals surface area contributed by atoms with Gasteiger partial charge in [0.2, 0.25) is 0 Å². The van der Waals surface area contributed by atoms with Crippen LogP contribution in [0.15, 0.2) is 40.4 Å². The Morgan fingerprint density at radius 1 is 1.22 bits per heavy atom. The van der Waals surface area contributed by atoms with Crippen LogP contribution in [0.5, 0.6) is 0 Å². The lowest BCUT2D eigenvalue weighted by Crippen LogP contribution is -2.04. The molecule has 0 atom stereocenters. The molecule has 2 aromatic rings. The van der Waals surface area contributed by atoms with Crippen LogP contribution in [-0.4, -0.2) is 11.2 Å². The van der Waals surface area contributed by atoms with Crippen molar-refractivity contribution >= 4 is 17.0 Å². The van der Waals surface area contributed by atoms with Crippen molar-refractivity contribution in [3.63, 3.8) is 0 Å². The summed E-state index contributed by atoms with van der Waals surface area (Å²) in [5.74, 6) is 5.03. The number of hydrogen-bond acceptors (Lipinski definition) is 5.